The molecule has 0 aliphatic carbocycles. The summed E-state index contributed by atoms with van der Waals surface area (Å²) in [6.45, 7) is 1.04. The number of hydrogen-bond acceptors (Lipinski definition) is 4. The Bertz CT molecular complexity index is 1100. The number of hydrogen-bond donors (Lipinski definition) is 1. The molecule has 4 rings (SSSR count). The van der Waals surface area contributed by atoms with Gasteiger partial charge < -0.3 is 5.32 Å². The van der Waals surface area contributed by atoms with E-state index in [1.54, 1.807) is 46.2 Å². The maximum atomic E-state index is 13.0. The first-order valence-electron chi connectivity index (χ1n) is 8.40. The second-order valence-corrected chi connectivity index (χ2v) is 7.50. The molecule has 6 nitrogen and oxygen atoms in total. The highest BCUT2D eigenvalue weighted by atomic mass is 35.5. The average molecular weight is 416 g/mol. The molecular weight excluding hydrogens is 401 g/mol. The third-order valence-corrected chi connectivity index (χ3v) is 5.14. The minimum Gasteiger partial charge on any atom is -0.304 e. The molecule has 0 aliphatic heterocycles. The molecule has 0 saturated heterocycles. The van der Waals surface area contributed by atoms with Crippen LogP contribution in [0.4, 0.5) is 10.2 Å². The molecule has 0 aliphatic rings. The summed E-state index contributed by atoms with van der Waals surface area (Å²) in [4.78, 5) is 13.0. The predicted octanol–water partition coefficient (Wildman–Crippen LogP) is 4.28. The summed E-state index contributed by atoms with van der Waals surface area (Å²) in [5, 5.41) is 13.7. The molecule has 1 amide bonds. The Balaban J connectivity index is 1.37. The molecule has 0 radical (unpaired) electrons. The van der Waals surface area contributed by atoms with E-state index in [1.807, 2.05) is 11.4 Å². The van der Waals surface area contributed by atoms with Crippen LogP contribution in [0.15, 0.2) is 60.4 Å². The lowest BCUT2D eigenvalue weighted by Gasteiger charge is -2.02. The van der Waals surface area contributed by atoms with Gasteiger partial charge in [0.05, 0.1) is 29.2 Å². The molecule has 4 aromatic rings. The monoisotopic (exact) mass is 415 g/mol. The lowest BCUT2D eigenvalue weighted by atomic mass is 10.2. The highest BCUT2D eigenvalue weighted by Gasteiger charge is 2.12. The number of carbonyl (C=O) groups excluding carboxylic acids is 1. The van der Waals surface area contributed by atoms with E-state index in [9.17, 15) is 9.18 Å². The van der Waals surface area contributed by atoms with Gasteiger partial charge in [-0.3, -0.25) is 14.2 Å². The van der Waals surface area contributed by atoms with Crippen LogP contribution < -0.4 is 5.32 Å². The molecule has 0 saturated carbocycles. The van der Waals surface area contributed by atoms with Crippen molar-refractivity contribution < 1.29 is 9.18 Å². The minimum atomic E-state index is -0.275. The van der Waals surface area contributed by atoms with Gasteiger partial charge in [-0.15, -0.1) is 11.3 Å². The van der Waals surface area contributed by atoms with Crippen molar-refractivity contribution in [3.63, 3.8) is 0 Å². The Kier molecular flexibility index (Phi) is 5.23. The van der Waals surface area contributed by atoms with Gasteiger partial charge in [0.1, 0.15) is 5.82 Å². The Morgan fingerprint density at radius 1 is 1.14 bits per heavy atom. The smallest absolute Gasteiger partial charge is 0.266 e. The van der Waals surface area contributed by atoms with Crippen LogP contribution in [0.2, 0.25) is 5.02 Å². The van der Waals surface area contributed by atoms with E-state index in [0.717, 1.165) is 11.1 Å². The van der Waals surface area contributed by atoms with Crippen molar-refractivity contribution in [3.05, 3.63) is 87.2 Å². The molecular formula is C19H15ClFN5OS. The minimum absolute atomic E-state index is 0.221. The van der Waals surface area contributed by atoms with Crippen LogP contribution in [0, 0.1) is 5.82 Å². The Morgan fingerprint density at radius 2 is 1.93 bits per heavy atom. The van der Waals surface area contributed by atoms with Crippen molar-refractivity contribution >= 4 is 34.7 Å². The number of amides is 1. The summed E-state index contributed by atoms with van der Waals surface area (Å²) in [6.07, 6.45) is 5.07. The van der Waals surface area contributed by atoms with Gasteiger partial charge in [0.25, 0.3) is 5.91 Å². The van der Waals surface area contributed by atoms with Gasteiger partial charge in [0, 0.05) is 18.5 Å². The summed E-state index contributed by atoms with van der Waals surface area (Å²) < 4.78 is 16.4. The second-order valence-electron chi connectivity index (χ2n) is 6.15. The van der Waals surface area contributed by atoms with Crippen LogP contribution >= 0.6 is 22.9 Å². The number of anilines is 1. The van der Waals surface area contributed by atoms with Crippen LogP contribution in [0.1, 0.15) is 20.8 Å². The fourth-order valence-electron chi connectivity index (χ4n) is 2.66. The standard InChI is InChI=1S/C19H15ClFN5OS/c20-15-8-22-26(11-15)10-14-7-17(28-12-14)19(27)23-18-5-6-25(24-18)9-13-1-3-16(21)4-2-13/h1-8,11-12H,9-10H2,(H,23,24,27). The zero-order chi connectivity index (χ0) is 19.5. The van der Waals surface area contributed by atoms with E-state index in [1.165, 1.54) is 23.5 Å². The molecule has 9 heteroatoms. The maximum Gasteiger partial charge on any atom is 0.266 e. The number of nitrogens with zero attached hydrogens (tertiary/aromatic N) is 4. The summed E-state index contributed by atoms with van der Waals surface area (Å²) in [6, 6.07) is 9.78. The number of halogens is 2. The molecule has 0 fully saturated rings. The van der Waals surface area contributed by atoms with Crippen molar-refractivity contribution in [2.24, 2.45) is 0 Å². The number of nitrogens with one attached hydrogen (secondary N) is 1. The molecule has 1 N–H and O–H groups in total. The number of benzene rings is 1. The lowest BCUT2D eigenvalue weighted by Crippen LogP contribution is -2.11. The van der Waals surface area contributed by atoms with E-state index < -0.39 is 0 Å². The number of rotatable bonds is 6. The lowest BCUT2D eigenvalue weighted by molar-refractivity contribution is 0.103. The fraction of sp³-hybridized carbons (Fsp3) is 0.105. The largest absolute Gasteiger partial charge is 0.304 e. The molecule has 1 aromatic carbocycles. The average Bonchev–Trinajstić information content (AvgIpc) is 3.40. The number of aromatic nitrogens is 4. The third-order valence-electron chi connectivity index (χ3n) is 3.96. The van der Waals surface area contributed by atoms with Crippen LogP contribution in [-0.4, -0.2) is 25.5 Å². The van der Waals surface area contributed by atoms with E-state index in [2.05, 4.69) is 15.5 Å². The SMILES string of the molecule is O=C(Nc1ccn(Cc2ccc(F)cc2)n1)c1cc(Cn2cc(Cl)cn2)cs1. The van der Waals surface area contributed by atoms with Gasteiger partial charge in [-0.05, 0) is 34.7 Å². The van der Waals surface area contributed by atoms with Gasteiger partial charge in [-0.2, -0.15) is 10.2 Å². The van der Waals surface area contributed by atoms with Crippen molar-refractivity contribution in [1.82, 2.24) is 19.6 Å². The zero-order valence-corrected chi connectivity index (χ0v) is 16.1. The molecule has 0 unspecified atom stereocenters. The third kappa shape index (κ3) is 4.47. The van der Waals surface area contributed by atoms with Gasteiger partial charge >= 0.3 is 0 Å². The van der Waals surface area contributed by atoms with Gasteiger partial charge in [-0.25, -0.2) is 4.39 Å². The Morgan fingerprint density at radius 3 is 2.68 bits per heavy atom. The quantitative estimate of drug-likeness (QED) is 0.511. The first-order valence-corrected chi connectivity index (χ1v) is 9.65. The van der Waals surface area contributed by atoms with Gasteiger partial charge in [-0.1, -0.05) is 23.7 Å². The molecule has 3 aromatic heterocycles. The number of thiophene rings is 1. The van der Waals surface area contributed by atoms with Crippen LogP contribution in [0.5, 0.6) is 0 Å². The summed E-state index contributed by atoms with van der Waals surface area (Å²) in [5.74, 6) is -0.0363. The molecule has 142 valence electrons. The number of carbonyl (C=O) groups is 1. The first kappa shape index (κ1) is 18.4. The topological polar surface area (TPSA) is 64.7 Å². The van der Waals surface area contributed by atoms with Crippen molar-refractivity contribution in [2.45, 2.75) is 13.1 Å². The van der Waals surface area contributed by atoms with E-state index in [4.69, 9.17) is 11.6 Å². The zero-order valence-electron chi connectivity index (χ0n) is 14.5. The van der Waals surface area contributed by atoms with Crippen LogP contribution in [0.25, 0.3) is 0 Å². The Labute approximate surface area is 169 Å². The normalized spacial score (nSPS) is 10.9. The van der Waals surface area contributed by atoms with E-state index in [-0.39, 0.29) is 11.7 Å². The fourth-order valence-corrected chi connectivity index (χ4v) is 3.62. The summed E-state index contributed by atoms with van der Waals surface area (Å²) in [5.41, 5.74) is 1.89. The van der Waals surface area contributed by atoms with Crippen molar-refractivity contribution in [2.75, 3.05) is 5.32 Å². The van der Waals surface area contributed by atoms with Gasteiger partial charge in [0.2, 0.25) is 0 Å². The summed E-state index contributed by atoms with van der Waals surface area (Å²) >= 11 is 7.22. The predicted molar refractivity (Wildman–Crippen MR) is 106 cm³/mol. The van der Waals surface area contributed by atoms with E-state index >= 15 is 0 Å². The highest BCUT2D eigenvalue weighted by molar-refractivity contribution is 7.12. The van der Waals surface area contributed by atoms with Crippen LogP contribution in [0.3, 0.4) is 0 Å². The molecule has 0 bridgehead atoms. The maximum absolute atomic E-state index is 13.0. The highest BCUT2D eigenvalue weighted by Crippen LogP contribution is 2.18. The summed E-state index contributed by atoms with van der Waals surface area (Å²) in [7, 11) is 0. The van der Waals surface area contributed by atoms with Crippen molar-refractivity contribution in [1.29, 1.82) is 0 Å². The van der Waals surface area contributed by atoms with Crippen molar-refractivity contribution in [3.8, 4) is 0 Å². The molecule has 28 heavy (non-hydrogen) atoms. The Hall–Kier alpha value is -2.97. The van der Waals surface area contributed by atoms with Gasteiger partial charge in [0.15, 0.2) is 5.82 Å². The van der Waals surface area contributed by atoms with E-state index in [0.29, 0.717) is 28.8 Å². The first-order chi connectivity index (χ1) is 13.5. The molecule has 0 atom stereocenters. The molecule has 3 heterocycles. The molecule has 0 spiro atoms. The second kappa shape index (κ2) is 7.95. The van der Waals surface area contributed by atoms with Crippen LogP contribution in [-0.2, 0) is 13.1 Å².